The van der Waals surface area contributed by atoms with Crippen LogP contribution in [0.5, 0.6) is 0 Å². The highest BCUT2D eigenvalue weighted by molar-refractivity contribution is 7.10. The van der Waals surface area contributed by atoms with E-state index < -0.39 is 0 Å². The van der Waals surface area contributed by atoms with Gasteiger partial charge in [0.25, 0.3) is 0 Å². The van der Waals surface area contributed by atoms with Gasteiger partial charge in [-0.2, -0.15) is 0 Å². The predicted octanol–water partition coefficient (Wildman–Crippen LogP) is 1.95. The molecule has 0 amide bonds. The lowest BCUT2D eigenvalue weighted by Gasteiger charge is -2.04. The summed E-state index contributed by atoms with van der Waals surface area (Å²) in [4.78, 5) is 5.48. The minimum Gasteiger partial charge on any atom is -0.384 e. The van der Waals surface area contributed by atoms with Gasteiger partial charge >= 0.3 is 0 Å². The molecule has 2 aromatic rings. The molecule has 0 unspecified atom stereocenters. The Balaban J connectivity index is 2.25. The van der Waals surface area contributed by atoms with E-state index in [9.17, 15) is 0 Å². The molecule has 0 radical (unpaired) electrons. The van der Waals surface area contributed by atoms with Gasteiger partial charge in [0.1, 0.15) is 6.61 Å². The maximum atomic E-state index is 8.71. The van der Waals surface area contributed by atoms with Gasteiger partial charge in [0.2, 0.25) is 0 Å². The highest BCUT2D eigenvalue weighted by Crippen LogP contribution is 2.18. The van der Waals surface area contributed by atoms with Gasteiger partial charge in [-0.3, -0.25) is 0 Å². The van der Waals surface area contributed by atoms with E-state index in [-0.39, 0.29) is 6.61 Å². The fourth-order valence-electron chi connectivity index (χ4n) is 1.57. The van der Waals surface area contributed by atoms with E-state index in [2.05, 4.69) is 28.3 Å². The number of aryl methyl sites for hydroxylation is 1. The van der Waals surface area contributed by atoms with E-state index >= 15 is 0 Å². The number of hydrogen-bond acceptors (Lipinski definition) is 3. The molecule has 2 heterocycles. The van der Waals surface area contributed by atoms with Crippen LogP contribution in [0, 0.1) is 25.7 Å². The molecule has 17 heavy (non-hydrogen) atoms. The molecule has 0 saturated heterocycles. The van der Waals surface area contributed by atoms with Crippen molar-refractivity contribution in [1.29, 1.82) is 0 Å². The molecule has 88 valence electrons. The zero-order valence-electron chi connectivity index (χ0n) is 9.90. The summed E-state index contributed by atoms with van der Waals surface area (Å²) in [5.74, 6) is 5.65. The minimum atomic E-state index is -0.0987. The molecule has 2 rings (SSSR count). The summed E-state index contributed by atoms with van der Waals surface area (Å²) in [5.41, 5.74) is 3.24. The van der Waals surface area contributed by atoms with Crippen LogP contribution in [0.1, 0.15) is 21.8 Å². The second-order valence-electron chi connectivity index (χ2n) is 3.76. The van der Waals surface area contributed by atoms with Crippen LogP contribution >= 0.6 is 11.3 Å². The molecule has 3 nitrogen and oxygen atoms in total. The van der Waals surface area contributed by atoms with E-state index in [1.165, 1.54) is 10.6 Å². The van der Waals surface area contributed by atoms with Crippen molar-refractivity contribution >= 4 is 11.3 Å². The number of hydrogen-bond donors (Lipinski definition) is 1. The number of aromatic nitrogens is 2. The minimum absolute atomic E-state index is 0.0987. The van der Waals surface area contributed by atoms with Crippen molar-refractivity contribution in [2.75, 3.05) is 6.61 Å². The molecule has 4 heteroatoms. The van der Waals surface area contributed by atoms with E-state index in [1.807, 2.05) is 24.7 Å². The fourth-order valence-corrected chi connectivity index (χ4v) is 2.40. The average Bonchev–Trinajstić information content (AvgIpc) is 2.89. The van der Waals surface area contributed by atoms with Crippen molar-refractivity contribution < 1.29 is 5.11 Å². The SMILES string of the molecule is Cc1ncn(Cc2sccc2C#CCO)c1C. The van der Waals surface area contributed by atoms with Crippen LogP contribution in [-0.4, -0.2) is 21.3 Å². The lowest BCUT2D eigenvalue weighted by atomic mass is 10.2. The molecular weight excluding hydrogens is 232 g/mol. The third kappa shape index (κ3) is 2.57. The van der Waals surface area contributed by atoms with Crippen LogP contribution in [0.15, 0.2) is 17.8 Å². The number of imidazole rings is 1. The highest BCUT2D eigenvalue weighted by atomic mass is 32.1. The fraction of sp³-hybridized carbons (Fsp3) is 0.308. The molecule has 0 fully saturated rings. The molecule has 0 saturated carbocycles. The Hall–Kier alpha value is -1.57. The van der Waals surface area contributed by atoms with Crippen LogP contribution < -0.4 is 0 Å². The van der Waals surface area contributed by atoms with Crippen molar-refractivity contribution in [3.63, 3.8) is 0 Å². The number of nitrogens with zero attached hydrogens (tertiary/aromatic N) is 2. The maximum absolute atomic E-state index is 8.71. The Labute approximate surface area is 105 Å². The third-order valence-corrected chi connectivity index (χ3v) is 3.61. The summed E-state index contributed by atoms with van der Waals surface area (Å²) in [6.45, 7) is 4.76. The highest BCUT2D eigenvalue weighted by Gasteiger charge is 2.06. The van der Waals surface area contributed by atoms with Crippen molar-refractivity contribution in [3.8, 4) is 11.8 Å². The second kappa shape index (κ2) is 5.17. The van der Waals surface area contributed by atoms with E-state index in [0.29, 0.717) is 0 Å². The first-order valence-corrected chi connectivity index (χ1v) is 6.24. The van der Waals surface area contributed by atoms with Gasteiger partial charge in [0.15, 0.2) is 0 Å². The van der Waals surface area contributed by atoms with Crippen molar-refractivity contribution in [1.82, 2.24) is 9.55 Å². The van der Waals surface area contributed by atoms with Crippen LogP contribution in [0.3, 0.4) is 0 Å². The van der Waals surface area contributed by atoms with Gasteiger partial charge in [-0.1, -0.05) is 11.8 Å². The van der Waals surface area contributed by atoms with Gasteiger partial charge < -0.3 is 9.67 Å². The summed E-state index contributed by atoms with van der Waals surface area (Å²) < 4.78 is 2.12. The van der Waals surface area contributed by atoms with Crippen LogP contribution in [0.25, 0.3) is 0 Å². The number of aliphatic hydroxyl groups excluding tert-OH is 1. The van der Waals surface area contributed by atoms with Crippen LogP contribution in [0.4, 0.5) is 0 Å². The Morgan fingerprint density at radius 2 is 2.29 bits per heavy atom. The second-order valence-corrected chi connectivity index (χ2v) is 4.76. The zero-order chi connectivity index (χ0) is 12.3. The van der Waals surface area contributed by atoms with E-state index in [4.69, 9.17) is 5.11 Å². The molecule has 0 aliphatic carbocycles. The van der Waals surface area contributed by atoms with Gasteiger partial charge in [-0.25, -0.2) is 4.98 Å². The molecular formula is C13H14N2OS. The quantitative estimate of drug-likeness (QED) is 0.823. The average molecular weight is 246 g/mol. The van der Waals surface area contributed by atoms with E-state index in [1.54, 1.807) is 11.3 Å². The molecule has 2 aromatic heterocycles. The Kier molecular flexibility index (Phi) is 3.62. The first kappa shape index (κ1) is 11.9. The van der Waals surface area contributed by atoms with Gasteiger partial charge in [-0.05, 0) is 25.3 Å². The smallest absolute Gasteiger partial charge is 0.104 e. The predicted molar refractivity (Wildman–Crippen MR) is 69.1 cm³/mol. The van der Waals surface area contributed by atoms with Gasteiger partial charge in [0.05, 0.1) is 18.6 Å². The van der Waals surface area contributed by atoms with Crippen molar-refractivity contribution in [2.24, 2.45) is 0 Å². The van der Waals surface area contributed by atoms with Crippen molar-refractivity contribution in [2.45, 2.75) is 20.4 Å². The lowest BCUT2D eigenvalue weighted by molar-refractivity contribution is 0.350. The molecule has 0 bridgehead atoms. The Morgan fingerprint density at radius 3 is 2.94 bits per heavy atom. The normalized spacial score (nSPS) is 10.1. The largest absolute Gasteiger partial charge is 0.384 e. The first-order valence-electron chi connectivity index (χ1n) is 5.37. The number of thiophene rings is 1. The summed E-state index contributed by atoms with van der Waals surface area (Å²) >= 11 is 1.68. The molecule has 1 N–H and O–H groups in total. The molecule has 0 spiro atoms. The maximum Gasteiger partial charge on any atom is 0.104 e. The number of aliphatic hydroxyl groups is 1. The summed E-state index contributed by atoms with van der Waals surface area (Å²) in [7, 11) is 0. The topological polar surface area (TPSA) is 38.0 Å². The third-order valence-electron chi connectivity index (χ3n) is 2.71. The van der Waals surface area contributed by atoms with Crippen LogP contribution in [0.2, 0.25) is 0 Å². The molecule has 0 aromatic carbocycles. The first-order chi connectivity index (χ1) is 8.22. The summed E-state index contributed by atoms with van der Waals surface area (Å²) in [5, 5.41) is 10.7. The van der Waals surface area contributed by atoms with Gasteiger partial charge in [0, 0.05) is 16.1 Å². The molecule has 0 aliphatic rings. The summed E-state index contributed by atoms with van der Waals surface area (Å²) in [6, 6.07) is 1.99. The zero-order valence-corrected chi connectivity index (χ0v) is 10.7. The summed E-state index contributed by atoms with van der Waals surface area (Å²) in [6.07, 6.45) is 1.85. The van der Waals surface area contributed by atoms with Crippen molar-refractivity contribution in [3.05, 3.63) is 39.6 Å². The molecule has 0 aliphatic heterocycles. The standard InChI is InChI=1S/C13H14N2OS/c1-10-11(2)15(9-14-10)8-13-12(4-3-6-16)5-7-17-13/h5,7,9,16H,6,8H2,1-2H3. The van der Waals surface area contributed by atoms with Crippen LogP contribution in [-0.2, 0) is 6.54 Å². The Morgan fingerprint density at radius 1 is 1.47 bits per heavy atom. The number of rotatable bonds is 2. The Bertz CT molecular complexity index is 572. The molecule has 0 atom stereocenters. The van der Waals surface area contributed by atoms with Gasteiger partial charge in [-0.15, -0.1) is 11.3 Å². The lowest BCUT2D eigenvalue weighted by Crippen LogP contribution is -2.00. The monoisotopic (exact) mass is 246 g/mol. The van der Waals surface area contributed by atoms with E-state index in [0.717, 1.165) is 17.8 Å².